The molecule has 0 fully saturated rings. The normalized spacial score (nSPS) is 12.8. The Labute approximate surface area is 73.5 Å². The summed E-state index contributed by atoms with van der Waals surface area (Å²) >= 11 is 5.33. The van der Waals surface area contributed by atoms with Crippen molar-refractivity contribution in [2.75, 3.05) is 0 Å². The molecule has 0 saturated heterocycles. The van der Waals surface area contributed by atoms with Gasteiger partial charge in [-0.15, -0.1) is 11.3 Å². The van der Waals surface area contributed by atoms with Crippen LogP contribution in [-0.4, -0.2) is 21.3 Å². The zero-order valence-corrected chi connectivity index (χ0v) is 7.31. The highest BCUT2D eigenvalue weighted by Crippen LogP contribution is 2.07. The standard InChI is InChI=1S/C6H7NO2S2/c8-6(9)5(10)1-4-2-11-3-7-4/h2-3,5,10H,1H2,(H,8,9). The van der Waals surface area contributed by atoms with Crippen LogP contribution in [0.4, 0.5) is 0 Å². The Morgan fingerprint density at radius 2 is 2.64 bits per heavy atom. The molecule has 1 heterocycles. The van der Waals surface area contributed by atoms with Crippen molar-refractivity contribution in [1.82, 2.24) is 4.98 Å². The number of aromatic nitrogens is 1. The fraction of sp³-hybridized carbons (Fsp3) is 0.333. The van der Waals surface area contributed by atoms with Crippen LogP contribution in [0.25, 0.3) is 0 Å². The first-order valence-corrected chi connectivity index (χ1v) is 4.44. The van der Waals surface area contributed by atoms with Crippen LogP contribution in [0.15, 0.2) is 10.9 Å². The van der Waals surface area contributed by atoms with E-state index in [-0.39, 0.29) is 0 Å². The fourth-order valence-electron chi connectivity index (χ4n) is 0.624. The maximum absolute atomic E-state index is 10.3. The Balaban J connectivity index is 2.50. The zero-order valence-electron chi connectivity index (χ0n) is 5.60. The lowest BCUT2D eigenvalue weighted by molar-refractivity contribution is -0.136. The Morgan fingerprint density at radius 1 is 1.91 bits per heavy atom. The number of carbonyl (C=O) groups is 1. The van der Waals surface area contributed by atoms with Crippen LogP contribution in [-0.2, 0) is 11.2 Å². The zero-order chi connectivity index (χ0) is 8.27. The van der Waals surface area contributed by atoms with Gasteiger partial charge in [0, 0.05) is 11.8 Å². The van der Waals surface area contributed by atoms with Crippen molar-refractivity contribution in [2.24, 2.45) is 0 Å². The number of nitrogens with zero attached hydrogens (tertiary/aromatic N) is 1. The number of aliphatic carboxylic acids is 1. The van der Waals surface area contributed by atoms with Gasteiger partial charge in [-0.1, -0.05) is 0 Å². The smallest absolute Gasteiger partial charge is 0.316 e. The molecule has 60 valence electrons. The maximum atomic E-state index is 10.3. The van der Waals surface area contributed by atoms with Gasteiger partial charge in [0.1, 0.15) is 5.25 Å². The van der Waals surface area contributed by atoms with Crippen LogP contribution in [0.2, 0.25) is 0 Å². The summed E-state index contributed by atoms with van der Waals surface area (Å²) in [5.74, 6) is -0.902. The quantitative estimate of drug-likeness (QED) is 0.699. The third kappa shape index (κ3) is 2.51. The summed E-state index contributed by atoms with van der Waals surface area (Å²) in [6, 6.07) is 0. The van der Waals surface area contributed by atoms with Crippen LogP contribution in [0.1, 0.15) is 5.69 Å². The number of carboxylic acid groups (broad SMARTS) is 1. The second kappa shape index (κ2) is 3.73. The molecule has 0 saturated carbocycles. The third-order valence-corrected chi connectivity index (χ3v) is 2.21. The molecule has 0 aliphatic heterocycles. The molecule has 1 aromatic heterocycles. The van der Waals surface area contributed by atoms with Crippen molar-refractivity contribution >= 4 is 29.9 Å². The second-order valence-electron chi connectivity index (χ2n) is 2.04. The van der Waals surface area contributed by atoms with Crippen molar-refractivity contribution in [3.63, 3.8) is 0 Å². The molecule has 0 spiro atoms. The first kappa shape index (κ1) is 8.55. The molecule has 0 radical (unpaired) electrons. The average molecular weight is 189 g/mol. The molecule has 3 nitrogen and oxygen atoms in total. The van der Waals surface area contributed by atoms with Gasteiger partial charge in [0.05, 0.1) is 11.2 Å². The monoisotopic (exact) mass is 189 g/mol. The molecule has 1 aromatic rings. The van der Waals surface area contributed by atoms with Gasteiger partial charge in [0.15, 0.2) is 0 Å². The van der Waals surface area contributed by atoms with Crippen molar-refractivity contribution in [3.05, 3.63) is 16.6 Å². The molecule has 1 atom stereocenters. The Kier molecular flexibility index (Phi) is 2.90. The van der Waals surface area contributed by atoms with Crippen LogP contribution in [0.5, 0.6) is 0 Å². The van der Waals surface area contributed by atoms with Crippen molar-refractivity contribution in [2.45, 2.75) is 11.7 Å². The first-order chi connectivity index (χ1) is 5.20. The summed E-state index contributed by atoms with van der Waals surface area (Å²) in [5, 5.41) is 9.66. The summed E-state index contributed by atoms with van der Waals surface area (Å²) in [6.45, 7) is 0. The van der Waals surface area contributed by atoms with Gasteiger partial charge in [-0.25, -0.2) is 4.98 Å². The second-order valence-corrected chi connectivity index (χ2v) is 3.38. The number of rotatable bonds is 3. The van der Waals surface area contributed by atoms with Gasteiger partial charge >= 0.3 is 5.97 Å². The van der Waals surface area contributed by atoms with E-state index >= 15 is 0 Å². The molecule has 1 unspecified atom stereocenters. The van der Waals surface area contributed by atoms with E-state index in [1.807, 2.05) is 5.38 Å². The third-order valence-electron chi connectivity index (χ3n) is 1.17. The number of thiol groups is 1. The van der Waals surface area contributed by atoms with E-state index in [0.717, 1.165) is 5.69 Å². The Bertz CT molecular complexity index is 235. The van der Waals surface area contributed by atoms with E-state index < -0.39 is 11.2 Å². The Morgan fingerprint density at radius 3 is 3.09 bits per heavy atom. The number of hydrogen-bond acceptors (Lipinski definition) is 4. The van der Waals surface area contributed by atoms with Gasteiger partial charge in [-0.2, -0.15) is 12.6 Å². The minimum atomic E-state index is -0.902. The molecular formula is C6H7NO2S2. The predicted octanol–water partition coefficient (Wildman–Crippen LogP) is 1.07. The minimum Gasteiger partial charge on any atom is -0.480 e. The largest absolute Gasteiger partial charge is 0.480 e. The summed E-state index contributed by atoms with van der Waals surface area (Å²) < 4.78 is 0. The molecule has 0 aliphatic rings. The van der Waals surface area contributed by atoms with Crippen molar-refractivity contribution in [3.8, 4) is 0 Å². The van der Waals surface area contributed by atoms with Crippen LogP contribution < -0.4 is 0 Å². The molecule has 11 heavy (non-hydrogen) atoms. The van der Waals surface area contributed by atoms with Gasteiger partial charge in [-0.05, 0) is 0 Å². The van der Waals surface area contributed by atoms with E-state index in [9.17, 15) is 4.79 Å². The lowest BCUT2D eigenvalue weighted by atomic mass is 10.2. The summed E-state index contributed by atoms with van der Waals surface area (Å²) in [5.41, 5.74) is 2.47. The summed E-state index contributed by atoms with van der Waals surface area (Å²) in [6.07, 6.45) is 0.391. The van der Waals surface area contributed by atoms with E-state index in [2.05, 4.69) is 17.6 Å². The molecule has 0 aliphatic carbocycles. The summed E-state index contributed by atoms with van der Waals surface area (Å²) in [7, 11) is 0. The van der Waals surface area contributed by atoms with E-state index in [4.69, 9.17) is 5.11 Å². The maximum Gasteiger partial charge on any atom is 0.316 e. The SMILES string of the molecule is O=C(O)C(S)Cc1cscn1. The lowest BCUT2D eigenvalue weighted by Gasteiger charge is -2.00. The van der Waals surface area contributed by atoms with Crippen LogP contribution >= 0.6 is 24.0 Å². The fourth-order valence-corrected chi connectivity index (χ4v) is 1.38. The van der Waals surface area contributed by atoms with E-state index in [1.165, 1.54) is 11.3 Å². The van der Waals surface area contributed by atoms with E-state index in [0.29, 0.717) is 6.42 Å². The Hall–Kier alpha value is -0.550. The average Bonchev–Trinajstić information content (AvgIpc) is 2.39. The number of hydrogen-bond donors (Lipinski definition) is 2. The molecule has 1 rings (SSSR count). The molecule has 0 aromatic carbocycles. The highest BCUT2D eigenvalue weighted by Gasteiger charge is 2.12. The lowest BCUT2D eigenvalue weighted by Crippen LogP contribution is -2.16. The molecule has 0 bridgehead atoms. The highest BCUT2D eigenvalue weighted by molar-refractivity contribution is 7.81. The first-order valence-electron chi connectivity index (χ1n) is 2.98. The van der Waals surface area contributed by atoms with E-state index in [1.54, 1.807) is 5.51 Å². The van der Waals surface area contributed by atoms with Gasteiger partial charge in [-0.3, -0.25) is 4.79 Å². The predicted molar refractivity (Wildman–Crippen MR) is 46.2 cm³/mol. The van der Waals surface area contributed by atoms with Gasteiger partial charge in [0.2, 0.25) is 0 Å². The minimum absolute atomic E-state index is 0.391. The van der Waals surface area contributed by atoms with Crippen molar-refractivity contribution < 1.29 is 9.90 Å². The summed E-state index contributed by atoms with van der Waals surface area (Å²) in [4.78, 5) is 14.3. The van der Waals surface area contributed by atoms with Crippen LogP contribution in [0.3, 0.4) is 0 Å². The number of carboxylic acids is 1. The molecule has 1 N–H and O–H groups in total. The molecular weight excluding hydrogens is 182 g/mol. The number of thiazole rings is 1. The van der Waals surface area contributed by atoms with Crippen LogP contribution in [0, 0.1) is 0 Å². The highest BCUT2D eigenvalue weighted by atomic mass is 32.1. The van der Waals surface area contributed by atoms with Crippen molar-refractivity contribution in [1.29, 1.82) is 0 Å². The molecule has 5 heteroatoms. The van der Waals surface area contributed by atoms with Gasteiger partial charge < -0.3 is 5.11 Å². The topological polar surface area (TPSA) is 50.2 Å². The van der Waals surface area contributed by atoms with Gasteiger partial charge in [0.25, 0.3) is 0 Å². The molecule has 0 amide bonds.